The molecule has 3 rings (SSSR count). The van der Waals surface area contributed by atoms with Crippen molar-refractivity contribution < 1.29 is 29.0 Å². The van der Waals surface area contributed by atoms with Gasteiger partial charge in [0, 0.05) is 25.0 Å². The molecule has 0 aliphatic carbocycles. The van der Waals surface area contributed by atoms with Gasteiger partial charge in [-0.3, -0.25) is 14.4 Å². The number of carboxylic acid groups (broad SMARTS) is 1. The number of hydrogen-bond donors (Lipinski definition) is 2. The first-order chi connectivity index (χ1) is 14.7. The first kappa shape index (κ1) is 22.9. The lowest BCUT2D eigenvalue weighted by Crippen LogP contribution is -2.50. The monoisotopic (exact) mass is 451 g/mol. The number of nitrogens with zero attached hydrogens (tertiary/aromatic N) is 2. The molecule has 0 radical (unpaired) electrons. The van der Waals surface area contributed by atoms with Crippen LogP contribution in [0.5, 0.6) is 5.75 Å². The number of hydrogen-bond acceptors (Lipinski definition) is 5. The van der Waals surface area contributed by atoms with Crippen LogP contribution in [0.1, 0.15) is 43.0 Å². The standard InChI is InChI=1S/C21H26ClN3O6/c1-12-11-31-17-7-5-13(22)10-14(17)19(27)23-15(21(29)30)6-8-18(26)25-9-3-4-16(25)20(28)24(12)2/h5,7,10,12,15-16H,3-4,6,8-9,11H2,1-2H3,(H,23,27)(H,29,30)/t12-,15+,16+/m1/s1. The van der Waals surface area contributed by atoms with Crippen LogP contribution < -0.4 is 10.1 Å². The first-order valence-corrected chi connectivity index (χ1v) is 10.6. The number of amides is 3. The van der Waals surface area contributed by atoms with Gasteiger partial charge in [0.25, 0.3) is 5.91 Å². The fraction of sp³-hybridized carbons (Fsp3) is 0.524. The number of carbonyl (C=O) groups is 4. The minimum absolute atomic E-state index is 0.0850. The molecule has 0 spiro atoms. The lowest BCUT2D eigenvalue weighted by molar-refractivity contribution is -0.145. The molecule has 0 aromatic heterocycles. The van der Waals surface area contributed by atoms with E-state index in [0.717, 1.165) is 0 Å². The third-order valence-corrected chi connectivity index (χ3v) is 6.02. The zero-order chi connectivity index (χ0) is 22.7. The summed E-state index contributed by atoms with van der Waals surface area (Å²) in [5, 5.41) is 12.3. The van der Waals surface area contributed by atoms with Crippen LogP contribution >= 0.6 is 11.6 Å². The summed E-state index contributed by atoms with van der Waals surface area (Å²) < 4.78 is 5.81. The second-order valence-corrected chi connectivity index (χ2v) is 8.33. The van der Waals surface area contributed by atoms with Gasteiger partial charge in [0.05, 0.1) is 11.6 Å². The molecule has 0 saturated carbocycles. The van der Waals surface area contributed by atoms with Crippen LogP contribution in [0.2, 0.25) is 5.02 Å². The number of likely N-dealkylation sites (N-methyl/N-ethyl adjacent to an activating group) is 1. The number of benzene rings is 1. The first-order valence-electron chi connectivity index (χ1n) is 10.2. The number of rotatable bonds is 1. The Kier molecular flexibility index (Phi) is 7.04. The number of fused-ring (bicyclic) bond motifs is 2. The van der Waals surface area contributed by atoms with Crippen molar-refractivity contribution in [1.29, 1.82) is 0 Å². The summed E-state index contributed by atoms with van der Waals surface area (Å²) in [7, 11) is 1.66. The number of carbonyl (C=O) groups excluding carboxylic acids is 3. The summed E-state index contributed by atoms with van der Waals surface area (Å²) >= 11 is 6.03. The molecule has 10 heteroatoms. The molecule has 2 aliphatic rings. The predicted molar refractivity (Wildman–Crippen MR) is 112 cm³/mol. The Labute approximate surface area is 185 Å². The van der Waals surface area contributed by atoms with Gasteiger partial charge in [0.1, 0.15) is 24.4 Å². The third kappa shape index (κ3) is 5.10. The van der Waals surface area contributed by atoms with Crippen molar-refractivity contribution in [1.82, 2.24) is 15.1 Å². The molecule has 1 fully saturated rings. The fourth-order valence-electron chi connectivity index (χ4n) is 3.81. The zero-order valence-corrected chi connectivity index (χ0v) is 18.2. The third-order valence-electron chi connectivity index (χ3n) is 5.78. The summed E-state index contributed by atoms with van der Waals surface area (Å²) in [6, 6.07) is 2.31. The van der Waals surface area contributed by atoms with E-state index in [1.807, 2.05) is 6.92 Å². The van der Waals surface area contributed by atoms with E-state index in [1.165, 1.54) is 17.0 Å². The molecule has 9 nitrogen and oxygen atoms in total. The molecule has 0 bridgehead atoms. The quantitative estimate of drug-likeness (QED) is 0.669. The van der Waals surface area contributed by atoms with Crippen molar-refractivity contribution in [2.45, 2.75) is 50.7 Å². The van der Waals surface area contributed by atoms with Gasteiger partial charge in [-0.2, -0.15) is 0 Å². The molecular formula is C21H26ClN3O6. The highest BCUT2D eigenvalue weighted by Crippen LogP contribution is 2.25. The fourth-order valence-corrected chi connectivity index (χ4v) is 3.98. The average Bonchev–Trinajstić information content (AvgIpc) is 3.23. The van der Waals surface area contributed by atoms with Gasteiger partial charge in [0.2, 0.25) is 11.8 Å². The van der Waals surface area contributed by atoms with Crippen molar-refractivity contribution in [2.75, 3.05) is 20.2 Å². The highest BCUT2D eigenvalue weighted by Gasteiger charge is 2.37. The van der Waals surface area contributed by atoms with Crippen molar-refractivity contribution >= 4 is 35.3 Å². The lowest BCUT2D eigenvalue weighted by atomic mass is 10.1. The minimum Gasteiger partial charge on any atom is -0.491 e. The Balaban J connectivity index is 1.94. The maximum Gasteiger partial charge on any atom is 0.326 e. The van der Waals surface area contributed by atoms with Gasteiger partial charge < -0.3 is 25.0 Å². The van der Waals surface area contributed by atoms with Crippen LogP contribution in [0.15, 0.2) is 18.2 Å². The van der Waals surface area contributed by atoms with Crippen LogP contribution in [0.4, 0.5) is 0 Å². The molecule has 1 saturated heterocycles. The van der Waals surface area contributed by atoms with Crippen molar-refractivity contribution in [2.24, 2.45) is 0 Å². The van der Waals surface area contributed by atoms with Crippen molar-refractivity contribution in [3.63, 3.8) is 0 Å². The van der Waals surface area contributed by atoms with Crippen LogP contribution in [-0.4, -0.2) is 76.9 Å². The smallest absolute Gasteiger partial charge is 0.326 e. The zero-order valence-electron chi connectivity index (χ0n) is 17.5. The molecule has 3 atom stereocenters. The number of nitrogens with one attached hydrogen (secondary N) is 1. The summed E-state index contributed by atoms with van der Waals surface area (Å²) in [4.78, 5) is 53.4. The van der Waals surface area contributed by atoms with Gasteiger partial charge in [-0.05, 0) is 44.4 Å². The SMILES string of the molecule is C[C@@H]1COc2ccc(Cl)cc2C(=O)N[C@H](C(=O)O)CCC(=O)N2CCC[C@H]2C(=O)N1C. The summed E-state index contributed by atoms with van der Waals surface area (Å²) in [6.07, 6.45) is 1.07. The van der Waals surface area contributed by atoms with E-state index in [4.69, 9.17) is 16.3 Å². The number of carboxylic acids is 1. The van der Waals surface area contributed by atoms with Gasteiger partial charge in [-0.15, -0.1) is 0 Å². The normalized spacial score (nSPS) is 25.6. The van der Waals surface area contributed by atoms with Crippen molar-refractivity contribution in [3.8, 4) is 5.75 Å². The summed E-state index contributed by atoms with van der Waals surface area (Å²) in [6.45, 7) is 2.36. The van der Waals surface area contributed by atoms with E-state index >= 15 is 0 Å². The average molecular weight is 452 g/mol. The molecule has 168 valence electrons. The molecule has 31 heavy (non-hydrogen) atoms. The maximum atomic E-state index is 13.0. The Hall–Kier alpha value is -2.81. The Morgan fingerprint density at radius 3 is 2.71 bits per heavy atom. The second kappa shape index (κ2) is 9.55. The molecule has 2 N–H and O–H groups in total. The molecule has 1 aromatic rings. The summed E-state index contributed by atoms with van der Waals surface area (Å²) in [5.74, 6) is -2.17. The second-order valence-electron chi connectivity index (χ2n) is 7.90. The number of halogens is 1. The van der Waals surface area contributed by atoms with E-state index in [9.17, 15) is 24.3 Å². The maximum absolute atomic E-state index is 13.0. The predicted octanol–water partition coefficient (Wildman–Crippen LogP) is 1.53. The van der Waals surface area contributed by atoms with E-state index in [1.54, 1.807) is 18.0 Å². The van der Waals surface area contributed by atoms with E-state index < -0.39 is 24.0 Å². The molecule has 2 heterocycles. The van der Waals surface area contributed by atoms with Gasteiger partial charge in [-0.1, -0.05) is 11.6 Å². The minimum atomic E-state index is -1.27. The highest BCUT2D eigenvalue weighted by atomic mass is 35.5. The van der Waals surface area contributed by atoms with Gasteiger partial charge in [0.15, 0.2) is 0 Å². The van der Waals surface area contributed by atoms with E-state index in [2.05, 4.69) is 5.32 Å². The van der Waals surface area contributed by atoms with Crippen LogP contribution in [0.25, 0.3) is 0 Å². The van der Waals surface area contributed by atoms with Crippen LogP contribution in [0, 0.1) is 0 Å². The summed E-state index contributed by atoms with van der Waals surface area (Å²) in [5.41, 5.74) is 0.0850. The van der Waals surface area contributed by atoms with Crippen LogP contribution in [-0.2, 0) is 14.4 Å². The molecule has 0 unspecified atom stereocenters. The lowest BCUT2D eigenvalue weighted by Gasteiger charge is -2.31. The topological polar surface area (TPSA) is 116 Å². The Morgan fingerprint density at radius 1 is 1.26 bits per heavy atom. The van der Waals surface area contributed by atoms with Crippen LogP contribution in [0.3, 0.4) is 0 Å². The Bertz CT molecular complexity index is 892. The van der Waals surface area contributed by atoms with E-state index in [0.29, 0.717) is 24.4 Å². The molecule has 1 aromatic carbocycles. The Morgan fingerprint density at radius 2 is 2.00 bits per heavy atom. The van der Waals surface area contributed by atoms with Gasteiger partial charge >= 0.3 is 5.97 Å². The highest BCUT2D eigenvalue weighted by molar-refractivity contribution is 6.31. The van der Waals surface area contributed by atoms with Gasteiger partial charge in [-0.25, -0.2) is 4.79 Å². The number of aliphatic carboxylic acids is 1. The molecule has 2 aliphatic heterocycles. The molecular weight excluding hydrogens is 426 g/mol. The van der Waals surface area contributed by atoms with Crippen molar-refractivity contribution in [3.05, 3.63) is 28.8 Å². The largest absolute Gasteiger partial charge is 0.491 e. The molecule has 3 amide bonds. The van der Waals surface area contributed by atoms with E-state index in [-0.39, 0.29) is 48.6 Å². The number of ether oxygens (including phenoxy) is 1.